The van der Waals surface area contributed by atoms with E-state index in [-0.39, 0.29) is 0 Å². The summed E-state index contributed by atoms with van der Waals surface area (Å²) in [5.74, 6) is 2.52. The Bertz CT molecular complexity index is 1170. The molecule has 6 nitrogen and oxygen atoms in total. The first-order valence-electron chi connectivity index (χ1n) is 11.6. The van der Waals surface area contributed by atoms with Crippen LogP contribution in [-0.4, -0.2) is 36.3 Å². The summed E-state index contributed by atoms with van der Waals surface area (Å²) in [7, 11) is 3.35. The van der Waals surface area contributed by atoms with Crippen LogP contribution in [0.4, 0.5) is 5.82 Å². The van der Waals surface area contributed by atoms with Gasteiger partial charge in [-0.2, -0.15) is 5.10 Å². The number of carbonyl (C=O) groups excluding carboxylic acids is 1. The third-order valence-electron chi connectivity index (χ3n) is 6.99. The molecule has 5 rings (SSSR count). The number of aromatic nitrogens is 2. The van der Waals surface area contributed by atoms with E-state index in [1.165, 1.54) is 12.5 Å². The molecule has 2 aromatic carbocycles. The first kappa shape index (κ1) is 22.0. The molecule has 1 heterocycles. The van der Waals surface area contributed by atoms with Crippen LogP contribution in [0.2, 0.25) is 0 Å². The van der Waals surface area contributed by atoms with E-state index < -0.39 is 5.41 Å². The fourth-order valence-corrected chi connectivity index (χ4v) is 4.81. The third-order valence-corrected chi connectivity index (χ3v) is 6.99. The molecule has 1 fully saturated rings. The first-order valence-corrected chi connectivity index (χ1v) is 11.6. The second-order valence-electron chi connectivity index (χ2n) is 8.84. The van der Waals surface area contributed by atoms with Gasteiger partial charge in [-0.05, 0) is 60.7 Å². The van der Waals surface area contributed by atoms with E-state index in [4.69, 9.17) is 14.6 Å². The summed E-state index contributed by atoms with van der Waals surface area (Å²) in [6.07, 6.45) is 12.7. The highest BCUT2D eigenvalue weighted by atomic mass is 16.5. The molecular formula is C28H29N3O3. The number of allylic oxidation sites excluding steroid dienone is 2. The van der Waals surface area contributed by atoms with E-state index in [0.29, 0.717) is 12.5 Å². The maximum absolute atomic E-state index is 11.1. The molecule has 1 aromatic heterocycles. The Morgan fingerprint density at radius 1 is 1.00 bits per heavy atom. The van der Waals surface area contributed by atoms with E-state index in [0.717, 1.165) is 58.8 Å². The molecule has 0 atom stereocenters. The van der Waals surface area contributed by atoms with Gasteiger partial charge in [-0.1, -0.05) is 36.4 Å². The normalized spacial score (nSPS) is 16.6. The number of methoxy groups -OCH3 is 2. The van der Waals surface area contributed by atoms with Crippen molar-refractivity contribution in [2.75, 3.05) is 19.5 Å². The quantitative estimate of drug-likeness (QED) is 0.379. The molecule has 0 unspecified atom stereocenters. The van der Waals surface area contributed by atoms with Gasteiger partial charge in [0.2, 0.25) is 0 Å². The highest BCUT2D eigenvalue weighted by molar-refractivity contribution is 5.74. The Hall–Kier alpha value is -3.80. The maximum Gasteiger partial charge on any atom is 0.156 e. The molecule has 0 amide bonds. The van der Waals surface area contributed by atoms with Crippen LogP contribution < -0.4 is 14.8 Å². The number of benzene rings is 2. The third kappa shape index (κ3) is 3.89. The van der Waals surface area contributed by atoms with Gasteiger partial charge in [-0.15, -0.1) is 0 Å². The number of nitrogens with one attached hydrogen (secondary N) is 1. The number of anilines is 1. The van der Waals surface area contributed by atoms with Gasteiger partial charge >= 0.3 is 0 Å². The van der Waals surface area contributed by atoms with Crippen molar-refractivity contribution in [3.63, 3.8) is 0 Å². The zero-order valence-corrected chi connectivity index (χ0v) is 19.5. The fraction of sp³-hybridized carbons (Fsp3) is 0.286. The number of fused-ring (bicyclic) bond motifs is 1. The first-order chi connectivity index (χ1) is 16.7. The molecule has 1 saturated carbocycles. The molecular weight excluding hydrogens is 426 g/mol. The van der Waals surface area contributed by atoms with Gasteiger partial charge in [-0.3, -0.25) is 4.79 Å². The van der Waals surface area contributed by atoms with E-state index in [2.05, 4.69) is 41.7 Å². The van der Waals surface area contributed by atoms with E-state index >= 15 is 0 Å². The number of ether oxygens (including phenoxy) is 2. The molecule has 34 heavy (non-hydrogen) atoms. The second-order valence-corrected chi connectivity index (χ2v) is 8.84. The standard InChI is InChI=1S/C28H29N3O3/c1-33-23-11-7-20(8-12-23)28(21-9-13-24(34-2)14-10-21)16-15-25-26(19-28)31(17-4-18-32)30-27(25)29-22-5-3-6-22/h4,7-18,22H,3,5-6,19H2,1-2H3,(H,29,30). The Kier molecular flexibility index (Phi) is 5.97. The van der Waals surface area contributed by atoms with Crippen LogP contribution in [0.3, 0.4) is 0 Å². The minimum atomic E-state index is -0.411. The molecule has 3 aromatic rings. The van der Waals surface area contributed by atoms with Crippen molar-refractivity contribution in [2.45, 2.75) is 37.1 Å². The summed E-state index contributed by atoms with van der Waals surface area (Å²) in [6, 6.07) is 16.9. The van der Waals surface area contributed by atoms with Crippen LogP contribution in [0.5, 0.6) is 11.5 Å². The highest BCUT2D eigenvalue weighted by Crippen LogP contribution is 2.44. The predicted molar refractivity (Wildman–Crippen MR) is 134 cm³/mol. The SMILES string of the molecule is COc1ccc(C2(c3ccc(OC)cc3)C=Cc3c(NC4CCC4)nn(C=CC=O)c3C2)cc1. The number of nitrogens with zero attached hydrogens (tertiary/aromatic N) is 2. The molecule has 174 valence electrons. The van der Waals surface area contributed by atoms with Crippen molar-refractivity contribution in [1.82, 2.24) is 9.78 Å². The Balaban J connectivity index is 1.63. The van der Waals surface area contributed by atoms with Crippen molar-refractivity contribution in [3.05, 3.63) is 83.1 Å². The average Bonchev–Trinajstić information content (AvgIpc) is 3.21. The Morgan fingerprint density at radius 3 is 2.12 bits per heavy atom. The van der Waals surface area contributed by atoms with Gasteiger partial charge in [0, 0.05) is 29.6 Å². The number of rotatable bonds is 8. The predicted octanol–water partition coefficient (Wildman–Crippen LogP) is 5.09. The average molecular weight is 456 g/mol. The van der Waals surface area contributed by atoms with Crippen molar-refractivity contribution in [1.29, 1.82) is 0 Å². The Morgan fingerprint density at radius 2 is 1.62 bits per heavy atom. The minimum Gasteiger partial charge on any atom is -0.497 e. The largest absolute Gasteiger partial charge is 0.497 e. The summed E-state index contributed by atoms with van der Waals surface area (Å²) in [4.78, 5) is 11.1. The number of carbonyl (C=O) groups is 1. The lowest BCUT2D eigenvalue weighted by Crippen LogP contribution is -2.31. The van der Waals surface area contributed by atoms with Crippen LogP contribution in [0, 0.1) is 0 Å². The lowest BCUT2D eigenvalue weighted by molar-refractivity contribution is -0.104. The van der Waals surface area contributed by atoms with E-state index in [1.807, 2.05) is 28.9 Å². The molecule has 2 aliphatic rings. The lowest BCUT2D eigenvalue weighted by atomic mass is 9.68. The highest BCUT2D eigenvalue weighted by Gasteiger charge is 2.38. The molecule has 6 heteroatoms. The van der Waals surface area contributed by atoms with Gasteiger partial charge in [0.15, 0.2) is 5.82 Å². The van der Waals surface area contributed by atoms with Crippen LogP contribution in [0.1, 0.15) is 41.6 Å². The van der Waals surface area contributed by atoms with Gasteiger partial charge in [0.1, 0.15) is 17.8 Å². The van der Waals surface area contributed by atoms with E-state index in [1.54, 1.807) is 20.4 Å². The minimum absolute atomic E-state index is 0.411. The summed E-state index contributed by atoms with van der Waals surface area (Å²) in [5.41, 5.74) is 4.04. The van der Waals surface area contributed by atoms with Gasteiger partial charge in [0.25, 0.3) is 0 Å². The maximum atomic E-state index is 11.1. The smallest absolute Gasteiger partial charge is 0.156 e. The molecule has 0 aliphatic heterocycles. The van der Waals surface area contributed by atoms with Gasteiger partial charge in [-0.25, -0.2) is 4.68 Å². The fourth-order valence-electron chi connectivity index (χ4n) is 4.81. The van der Waals surface area contributed by atoms with Crippen LogP contribution >= 0.6 is 0 Å². The lowest BCUT2D eigenvalue weighted by Gasteiger charge is -2.35. The Labute approximate surface area is 199 Å². The summed E-state index contributed by atoms with van der Waals surface area (Å²) >= 11 is 0. The molecule has 0 saturated heterocycles. The zero-order valence-electron chi connectivity index (χ0n) is 19.5. The summed E-state index contributed by atoms with van der Waals surface area (Å²) in [6.45, 7) is 0. The second kappa shape index (κ2) is 9.21. The molecule has 0 radical (unpaired) electrons. The molecule has 1 N–H and O–H groups in total. The van der Waals surface area contributed by atoms with Crippen molar-refractivity contribution >= 4 is 24.4 Å². The molecule has 2 aliphatic carbocycles. The zero-order chi connectivity index (χ0) is 23.5. The van der Waals surface area contributed by atoms with E-state index in [9.17, 15) is 4.79 Å². The summed E-state index contributed by atoms with van der Waals surface area (Å²) < 4.78 is 12.6. The van der Waals surface area contributed by atoms with Gasteiger partial charge in [0.05, 0.1) is 19.9 Å². The molecule has 0 bridgehead atoms. The summed E-state index contributed by atoms with van der Waals surface area (Å²) in [5, 5.41) is 8.43. The van der Waals surface area contributed by atoms with Crippen LogP contribution in [0.25, 0.3) is 12.3 Å². The van der Waals surface area contributed by atoms with Crippen molar-refractivity contribution in [2.24, 2.45) is 0 Å². The van der Waals surface area contributed by atoms with Crippen LogP contribution in [-0.2, 0) is 16.6 Å². The number of hydrogen-bond acceptors (Lipinski definition) is 5. The number of hydrogen-bond donors (Lipinski definition) is 1. The van der Waals surface area contributed by atoms with Crippen molar-refractivity contribution < 1.29 is 14.3 Å². The van der Waals surface area contributed by atoms with Crippen LogP contribution in [0.15, 0.2) is 60.7 Å². The topological polar surface area (TPSA) is 65.4 Å². The monoisotopic (exact) mass is 455 g/mol. The van der Waals surface area contributed by atoms with Crippen molar-refractivity contribution in [3.8, 4) is 11.5 Å². The van der Waals surface area contributed by atoms with Gasteiger partial charge < -0.3 is 14.8 Å². The number of aldehydes is 1. The molecule has 0 spiro atoms.